The summed E-state index contributed by atoms with van der Waals surface area (Å²) in [4.78, 5) is 8.96. The van der Waals surface area contributed by atoms with Gasteiger partial charge in [-0.25, -0.2) is 0 Å². The van der Waals surface area contributed by atoms with Crippen molar-refractivity contribution in [2.24, 2.45) is 0 Å². The lowest BCUT2D eigenvalue weighted by molar-refractivity contribution is 0.512. The molecule has 0 bridgehead atoms. The fourth-order valence-electron chi connectivity index (χ4n) is 3.35. The van der Waals surface area contributed by atoms with Crippen LogP contribution in [0.3, 0.4) is 0 Å². The van der Waals surface area contributed by atoms with E-state index in [1.165, 1.54) is 63.4 Å². The van der Waals surface area contributed by atoms with E-state index in [0.29, 0.717) is 5.92 Å². The molecule has 2 aromatic rings. The monoisotopic (exact) mass is 324 g/mol. The topological polar surface area (TPSA) is 25.8 Å². The molecule has 0 spiro atoms. The van der Waals surface area contributed by atoms with Crippen LogP contribution in [0.1, 0.15) is 83.1 Å². The predicted octanol–water partition coefficient (Wildman–Crippen LogP) is 6.78. The quantitative estimate of drug-likeness (QED) is 0.426. The lowest BCUT2D eigenvalue weighted by Gasteiger charge is -2.17. The summed E-state index contributed by atoms with van der Waals surface area (Å²) < 4.78 is 0. The summed E-state index contributed by atoms with van der Waals surface area (Å²) in [6, 6.07) is 10.5. The van der Waals surface area contributed by atoms with Crippen LogP contribution in [0.25, 0.3) is 11.4 Å². The molecule has 0 aliphatic heterocycles. The Balaban J connectivity index is 1.97. The largest absolute Gasteiger partial charge is 0.255 e. The van der Waals surface area contributed by atoms with Crippen molar-refractivity contribution in [2.45, 2.75) is 77.6 Å². The molecule has 24 heavy (non-hydrogen) atoms. The van der Waals surface area contributed by atoms with Crippen LogP contribution in [0, 0.1) is 0 Å². The van der Waals surface area contributed by atoms with Crippen molar-refractivity contribution >= 4 is 0 Å². The molecule has 0 saturated heterocycles. The van der Waals surface area contributed by atoms with Gasteiger partial charge in [0.1, 0.15) is 0 Å². The second-order valence-corrected chi connectivity index (χ2v) is 6.73. The van der Waals surface area contributed by atoms with Crippen LogP contribution in [0.4, 0.5) is 0 Å². The summed E-state index contributed by atoms with van der Waals surface area (Å²) in [6.45, 7) is 4.56. The van der Waals surface area contributed by atoms with Crippen molar-refractivity contribution in [3.8, 4) is 11.4 Å². The zero-order chi connectivity index (χ0) is 17.0. The van der Waals surface area contributed by atoms with E-state index in [-0.39, 0.29) is 0 Å². The van der Waals surface area contributed by atoms with Crippen molar-refractivity contribution in [3.05, 3.63) is 48.3 Å². The molecule has 0 aliphatic carbocycles. The van der Waals surface area contributed by atoms with Gasteiger partial charge in [-0.05, 0) is 48.6 Å². The number of hydrogen-bond acceptors (Lipinski definition) is 2. The standard InChI is InChI=1S/C22H32N2/c1-3-5-6-7-8-9-13-19(12-4-2)20-15-17-24-22(18-20)21-14-10-11-16-23-21/h10-11,14-19H,3-9,12-13H2,1-2H3. The maximum absolute atomic E-state index is 4.52. The van der Waals surface area contributed by atoms with Gasteiger partial charge >= 0.3 is 0 Å². The van der Waals surface area contributed by atoms with Gasteiger partial charge < -0.3 is 0 Å². The van der Waals surface area contributed by atoms with E-state index >= 15 is 0 Å². The molecule has 0 radical (unpaired) electrons. The molecule has 2 heterocycles. The van der Waals surface area contributed by atoms with Gasteiger partial charge in [0.05, 0.1) is 11.4 Å². The summed E-state index contributed by atoms with van der Waals surface area (Å²) in [6.07, 6.45) is 15.8. The van der Waals surface area contributed by atoms with Crippen molar-refractivity contribution in [1.29, 1.82) is 0 Å². The van der Waals surface area contributed by atoms with Crippen LogP contribution in [-0.4, -0.2) is 9.97 Å². The van der Waals surface area contributed by atoms with E-state index in [1.807, 2.05) is 30.6 Å². The molecule has 2 nitrogen and oxygen atoms in total. The van der Waals surface area contributed by atoms with Crippen molar-refractivity contribution in [2.75, 3.05) is 0 Å². The molecule has 0 amide bonds. The highest BCUT2D eigenvalue weighted by molar-refractivity contribution is 5.54. The first-order chi connectivity index (χ1) is 11.8. The van der Waals surface area contributed by atoms with Gasteiger partial charge in [-0.3, -0.25) is 9.97 Å². The minimum atomic E-state index is 0.659. The van der Waals surface area contributed by atoms with Gasteiger partial charge in [0.25, 0.3) is 0 Å². The SMILES string of the molecule is CCCCCCCCC(CCC)c1ccnc(-c2ccccn2)c1. The average Bonchev–Trinajstić information content (AvgIpc) is 2.64. The smallest absolute Gasteiger partial charge is 0.0888 e. The number of aromatic nitrogens is 2. The van der Waals surface area contributed by atoms with E-state index < -0.39 is 0 Å². The molecule has 1 unspecified atom stereocenters. The number of unbranched alkanes of at least 4 members (excludes halogenated alkanes) is 5. The van der Waals surface area contributed by atoms with Gasteiger partial charge in [-0.2, -0.15) is 0 Å². The van der Waals surface area contributed by atoms with E-state index in [2.05, 4.69) is 35.9 Å². The molecule has 2 rings (SSSR count). The van der Waals surface area contributed by atoms with Gasteiger partial charge in [0.15, 0.2) is 0 Å². The minimum absolute atomic E-state index is 0.659. The number of nitrogens with zero attached hydrogens (tertiary/aromatic N) is 2. The van der Waals surface area contributed by atoms with Gasteiger partial charge in [0.2, 0.25) is 0 Å². The maximum Gasteiger partial charge on any atom is 0.0888 e. The molecule has 0 N–H and O–H groups in total. The summed E-state index contributed by atoms with van der Waals surface area (Å²) in [5.41, 5.74) is 3.40. The first-order valence-electron chi connectivity index (χ1n) is 9.72. The Morgan fingerprint density at radius 1 is 0.750 bits per heavy atom. The fourth-order valence-corrected chi connectivity index (χ4v) is 3.35. The lowest BCUT2D eigenvalue weighted by atomic mass is 9.89. The average molecular weight is 325 g/mol. The Bertz CT molecular complexity index is 565. The number of hydrogen-bond donors (Lipinski definition) is 0. The van der Waals surface area contributed by atoms with Gasteiger partial charge in [0, 0.05) is 12.4 Å². The minimum Gasteiger partial charge on any atom is -0.255 e. The fraction of sp³-hybridized carbons (Fsp3) is 0.545. The van der Waals surface area contributed by atoms with E-state index in [4.69, 9.17) is 0 Å². The molecule has 0 saturated carbocycles. The Labute approximate surface area is 147 Å². The van der Waals surface area contributed by atoms with Crippen molar-refractivity contribution in [3.63, 3.8) is 0 Å². The highest BCUT2D eigenvalue weighted by Crippen LogP contribution is 2.29. The van der Waals surface area contributed by atoms with Gasteiger partial charge in [-0.1, -0.05) is 64.9 Å². The van der Waals surface area contributed by atoms with E-state index in [1.54, 1.807) is 0 Å². The summed E-state index contributed by atoms with van der Waals surface area (Å²) in [5, 5.41) is 0. The molecular formula is C22H32N2. The third-order valence-electron chi connectivity index (χ3n) is 4.73. The van der Waals surface area contributed by atoms with Crippen LogP contribution >= 0.6 is 0 Å². The summed E-state index contributed by atoms with van der Waals surface area (Å²) in [5.74, 6) is 0.659. The third-order valence-corrected chi connectivity index (χ3v) is 4.73. The Morgan fingerprint density at radius 2 is 1.54 bits per heavy atom. The molecule has 2 aromatic heterocycles. The zero-order valence-corrected chi connectivity index (χ0v) is 15.4. The molecular weight excluding hydrogens is 292 g/mol. The highest BCUT2D eigenvalue weighted by atomic mass is 14.8. The predicted molar refractivity (Wildman–Crippen MR) is 103 cm³/mol. The second kappa shape index (κ2) is 11.0. The first-order valence-corrected chi connectivity index (χ1v) is 9.72. The lowest BCUT2D eigenvalue weighted by Crippen LogP contribution is -2.00. The van der Waals surface area contributed by atoms with Crippen LogP contribution in [0.2, 0.25) is 0 Å². The zero-order valence-electron chi connectivity index (χ0n) is 15.4. The number of pyridine rings is 2. The first kappa shape index (κ1) is 18.6. The van der Waals surface area contributed by atoms with Crippen LogP contribution in [0.5, 0.6) is 0 Å². The maximum atomic E-state index is 4.52. The normalized spacial score (nSPS) is 12.2. The highest BCUT2D eigenvalue weighted by Gasteiger charge is 2.12. The van der Waals surface area contributed by atoms with Crippen molar-refractivity contribution < 1.29 is 0 Å². The number of rotatable bonds is 11. The molecule has 2 heteroatoms. The molecule has 0 fully saturated rings. The van der Waals surface area contributed by atoms with Gasteiger partial charge in [-0.15, -0.1) is 0 Å². The Kier molecular flexibility index (Phi) is 8.51. The Hall–Kier alpha value is -1.70. The van der Waals surface area contributed by atoms with Crippen LogP contribution in [0.15, 0.2) is 42.7 Å². The third kappa shape index (κ3) is 6.07. The molecule has 1 atom stereocenters. The second-order valence-electron chi connectivity index (χ2n) is 6.73. The van der Waals surface area contributed by atoms with Crippen LogP contribution in [-0.2, 0) is 0 Å². The molecule has 130 valence electrons. The van der Waals surface area contributed by atoms with E-state index in [0.717, 1.165) is 11.4 Å². The van der Waals surface area contributed by atoms with E-state index in [9.17, 15) is 0 Å². The van der Waals surface area contributed by atoms with Crippen LogP contribution < -0.4 is 0 Å². The summed E-state index contributed by atoms with van der Waals surface area (Å²) >= 11 is 0. The Morgan fingerprint density at radius 3 is 2.29 bits per heavy atom. The molecule has 0 aromatic carbocycles. The summed E-state index contributed by atoms with van der Waals surface area (Å²) in [7, 11) is 0. The molecule has 0 aliphatic rings. The van der Waals surface area contributed by atoms with Crippen molar-refractivity contribution in [1.82, 2.24) is 9.97 Å².